The molecule has 0 saturated carbocycles. The molecule has 1 aliphatic rings. The summed E-state index contributed by atoms with van der Waals surface area (Å²) in [7, 11) is 0. The summed E-state index contributed by atoms with van der Waals surface area (Å²) >= 11 is 0. The Morgan fingerprint density at radius 2 is 2.14 bits per heavy atom. The van der Waals surface area contributed by atoms with Crippen molar-refractivity contribution in [1.82, 2.24) is 9.80 Å². The molecule has 0 aliphatic carbocycles. The third-order valence-electron chi connectivity index (χ3n) is 4.19. The van der Waals surface area contributed by atoms with E-state index in [1.165, 1.54) is 6.07 Å². The fraction of sp³-hybridized carbons (Fsp3) is 0.533. The highest BCUT2D eigenvalue weighted by Crippen LogP contribution is 2.41. The molecule has 22 heavy (non-hydrogen) atoms. The Labute approximate surface area is 127 Å². The Morgan fingerprint density at radius 3 is 2.55 bits per heavy atom. The monoisotopic (exact) mass is 314 g/mol. The molecule has 0 amide bonds. The van der Waals surface area contributed by atoms with Crippen LogP contribution in [-0.2, 0) is 12.6 Å². The first kappa shape index (κ1) is 16.7. The average Bonchev–Trinajstić information content (AvgIpc) is 2.87. The van der Waals surface area contributed by atoms with Crippen molar-refractivity contribution < 1.29 is 18.3 Å². The van der Waals surface area contributed by atoms with Crippen molar-refractivity contribution in [2.75, 3.05) is 19.9 Å². The summed E-state index contributed by atoms with van der Waals surface area (Å²) in [5.74, 6) is 0. The van der Waals surface area contributed by atoms with Crippen LogP contribution in [0.1, 0.15) is 30.5 Å². The largest absolute Gasteiger partial charge is 0.418 e. The van der Waals surface area contributed by atoms with Crippen LogP contribution in [-0.4, -0.2) is 31.1 Å². The van der Waals surface area contributed by atoms with Gasteiger partial charge in [0, 0.05) is 11.6 Å². The number of nitrogens with zero attached hydrogens (tertiary/aromatic N) is 2. The number of hydrogen-bond donors (Lipinski definition) is 2. The average molecular weight is 314 g/mol. The molecule has 0 bridgehead atoms. The Balaban J connectivity index is 2.71. The van der Waals surface area contributed by atoms with E-state index in [1.807, 2.05) is 6.92 Å². The van der Waals surface area contributed by atoms with Crippen LogP contribution in [0.5, 0.6) is 0 Å². The molecule has 0 radical (unpaired) electrons. The first-order valence-electron chi connectivity index (χ1n) is 7.13. The highest BCUT2D eigenvalue weighted by atomic mass is 19.4. The lowest BCUT2D eigenvalue weighted by Crippen LogP contribution is -2.49. The molecule has 2 N–H and O–H groups in total. The Kier molecular flexibility index (Phi) is 4.47. The minimum absolute atomic E-state index is 0.0408. The van der Waals surface area contributed by atoms with Crippen LogP contribution in [0.2, 0.25) is 0 Å². The lowest BCUT2D eigenvalue weighted by atomic mass is 9.95. The highest BCUT2D eigenvalue weighted by Gasteiger charge is 2.44. The van der Waals surface area contributed by atoms with Gasteiger partial charge in [0.2, 0.25) is 0 Å². The lowest BCUT2D eigenvalue weighted by Gasteiger charge is -2.33. The zero-order valence-electron chi connectivity index (χ0n) is 12.5. The van der Waals surface area contributed by atoms with Gasteiger partial charge in [0.25, 0.3) is 0 Å². The minimum Gasteiger partial charge on any atom is -0.347 e. The van der Waals surface area contributed by atoms with Crippen LogP contribution < -0.4 is 9.80 Å². The van der Waals surface area contributed by atoms with Crippen molar-refractivity contribution in [2.45, 2.75) is 32.5 Å². The number of aliphatic hydroxyl groups is 1. The van der Waals surface area contributed by atoms with E-state index in [4.69, 9.17) is 5.26 Å². The number of benzene rings is 1. The normalized spacial score (nSPS) is 25.2. The predicted molar refractivity (Wildman–Crippen MR) is 76.7 cm³/mol. The van der Waals surface area contributed by atoms with Crippen molar-refractivity contribution in [3.63, 3.8) is 0 Å². The van der Waals surface area contributed by atoms with Gasteiger partial charge in [-0.05, 0) is 19.4 Å². The van der Waals surface area contributed by atoms with Crippen LogP contribution in [0.25, 0.3) is 0 Å². The Hall–Kier alpha value is -1.62. The molecular weight excluding hydrogens is 295 g/mol. The van der Waals surface area contributed by atoms with Gasteiger partial charge in [-0.3, -0.25) is 9.80 Å². The summed E-state index contributed by atoms with van der Waals surface area (Å²) in [6.07, 6.45) is -4.45. The quantitative estimate of drug-likeness (QED) is 0.842. The second-order valence-electron chi connectivity index (χ2n) is 5.68. The van der Waals surface area contributed by atoms with Crippen LogP contribution in [0.15, 0.2) is 12.1 Å². The first-order chi connectivity index (χ1) is 10.3. The molecule has 1 saturated heterocycles. The first-order valence-corrected chi connectivity index (χ1v) is 7.13. The van der Waals surface area contributed by atoms with Crippen molar-refractivity contribution >= 4 is 5.69 Å². The lowest BCUT2D eigenvalue weighted by molar-refractivity contribution is -0.138. The number of hydrogen-bond acceptors (Lipinski definition) is 3. The summed E-state index contributed by atoms with van der Waals surface area (Å²) < 4.78 is 40.3. The number of alkyl halides is 3. The molecule has 4 nitrogen and oxygen atoms in total. The van der Waals surface area contributed by atoms with Gasteiger partial charge in [0.15, 0.2) is 6.73 Å². The minimum atomic E-state index is -4.59. The third-order valence-corrected chi connectivity index (χ3v) is 4.19. The summed E-state index contributed by atoms with van der Waals surface area (Å²) in [6.45, 7) is 4.15. The molecule has 2 unspecified atom stereocenters. The van der Waals surface area contributed by atoms with Crippen molar-refractivity contribution in [3.05, 3.63) is 28.8 Å². The molecular formula is C15H19F3N3O+. The van der Waals surface area contributed by atoms with Crippen LogP contribution in [0.4, 0.5) is 18.9 Å². The molecule has 1 aliphatic heterocycles. The number of nitriles is 1. The molecule has 7 heteroatoms. The van der Waals surface area contributed by atoms with Gasteiger partial charge in [0.1, 0.15) is 18.9 Å². The molecule has 1 aromatic carbocycles. The Morgan fingerprint density at radius 1 is 1.45 bits per heavy atom. The van der Waals surface area contributed by atoms with Crippen molar-refractivity contribution in [1.29, 1.82) is 5.26 Å². The zero-order valence-corrected chi connectivity index (χ0v) is 12.5. The summed E-state index contributed by atoms with van der Waals surface area (Å²) in [5.41, 5.74) is -0.713. The van der Waals surface area contributed by atoms with E-state index in [0.29, 0.717) is 18.9 Å². The fourth-order valence-electron chi connectivity index (χ4n) is 3.21. The zero-order chi connectivity index (χ0) is 16.5. The van der Waals surface area contributed by atoms with Crippen LogP contribution in [0, 0.1) is 11.3 Å². The van der Waals surface area contributed by atoms with Crippen LogP contribution >= 0.6 is 0 Å². The van der Waals surface area contributed by atoms with E-state index in [-0.39, 0.29) is 34.8 Å². The fourth-order valence-corrected chi connectivity index (χ4v) is 3.21. The van der Waals surface area contributed by atoms with E-state index < -0.39 is 11.7 Å². The van der Waals surface area contributed by atoms with E-state index in [2.05, 4.69) is 5.32 Å². The SMILES string of the molecule is CCc1c([N+]2(CO)CNC(C)C2)ccc(C#N)c1C(F)(F)F. The van der Waals surface area contributed by atoms with E-state index in [0.717, 1.165) is 0 Å². The predicted octanol–water partition coefficient (Wildman–Crippen LogP) is 2.35. The van der Waals surface area contributed by atoms with Gasteiger partial charge in [-0.15, -0.1) is 0 Å². The van der Waals surface area contributed by atoms with E-state index in [1.54, 1.807) is 19.1 Å². The Bertz CT molecular complexity index is 609. The maximum Gasteiger partial charge on any atom is 0.418 e. The molecule has 1 heterocycles. The molecule has 1 fully saturated rings. The second kappa shape index (κ2) is 5.88. The molecule has 0 spiro atoms. The van der Waals surface area contributed by atoms with E-state index in [9.17, 15) is 18.3 Å². The number of nitrogens with one attached hydrogen (secondary N) is 1. The smallest absolute Gasteiger partial charge is 0.347 e. The summed E-state index contributed by atoms with van der Waals surface area (Å²) in [6, 6.07) is 4.48. The number of halogens is 3. The molecule has 120 valence electrons. The van der Waals surface area contributed by atoms with Crippen LogP contribution in [0.3, 0.4) is 0 Å². The van der Waals surface area contributed by atoms with Gasteiger partial charge >= 0.3 is 6.18 Å². The molecule has 1 aromatic rings. The van der Waals surface area contributed by atoms with Gasteiger partial charge in [-0.25, -0.2) is 0 Å². The van der Waals surface area contributed by atoms with Gasteiger partial charge in [-0.1, -0.05) is 6.92 Å². The molecule has 2 atom stereocenters. The van der Waals surface area contributed by atoms with Crippen molar-refractivity contribution in [3.8, 4) is 6.07 Å². The maximum atomic E-state index is 13.4. The highest BCUT2D eigenvalue weighted by molar-refractivity contribution is 5.60. The summed E-state index contributed by atoms with van der Waals surface area (Å²) in [4.78, 5) is 0. The van der Waals surface area contributed by atoms with Crippen molar-refractivity contribution in [2.24, 2.45) is 0 Å². The second-order valence-corrected chi connectivity index (χ2v) is 5.68. The number of quaternary nitrogens is 1. The number of rotatable bonds is 3. The maximum absolute atomic E-state index is 13.4. The third kappa shape index (κ3) is 2.70. The van der Waals surface area contributed by atoms with Gasteiger partial charge in [-0.2, -0.15) is 18.4 Å². The standard InChI is InChI=1S/C15H19F3N3O/c1-3-12-13(21(9-22)7-10(2)20-8-21)5-4-11(6-19)14(12)15(16,17)18/h4-5,10,20,22H,3,7-9H2,1-2H3/q+1. The molecule has 0 aromatic heterocycles. The molecule has 2 rings (SSSR count). The number of aliphatic hydroxyl groups excluding tert-OH is 1. The topological polar surface area (TPSA) is 56.0 Å². The van der Waals surface area contributed by atoms with Gasteiger partial charge in [0.05, 0.1) is 23.2 Å². The summed E-state index contributed by atoms with van der Waals surface area (Å²) in [5, 5.41) is 22.0. The van der Waals surface area contributed by atoms with Gasteiger partial charge < -0.3 is 5.11 Å². The van der Waals surface area contributed by atoms with E-state index >= 15 is 0 Å².